The van der Waals surface area contributed by atoms with E-state index in [1.807, 2.05) is 24.3 Å². The predicted octanol–water partition coefficient (Wildman–Crippen LogP) is 5.49. The van der Waals surface area contributed by atoms with Gasteiger partial charge in [-0.2, -0.15) is 0 Å². The molecule has 32 heavy (non-hydrogen) atoms. The summed E-state index contributed by atoms with van der Waals surface area (Å²) in [5.41, 5.74) is 3.74. The molecule has 0 aliphatic heterocycles. The van der Waals surface area contributed by atoms with Crippen molar-refractivity contribution < 1.29 is 24.3 Å². The number of benzene rings is 3. The van der Waals surface area contributed by atoms with Crippen molar-refractivity contribution in [1.29, 1.82) is 0 Å². The second-order valence-corrected chi connectivity index (χ2v) is 7.34. The maximum atomic E-state index is 11.3. The number of non-ortho nitro benzene ring substituents is 1. The Balaban J connectivity index is 1.84. The zero-order valence-electron chi connectivity index (χ0n) is 18.0. The van der Waals surface area contributed by atoms with Crippen LogP contribution >= 0.6 is 0 Å². The van der Waals surface area contributed by atoms with Crippen LogP contribution in [0.2, 0.25) is 0 Å². The highest BCUT2D eigenvalue weighted by Crippen LogP contribution is 2.34. The smallest absolute Gasteiger partial charge is 0.330 e. The van der Waals surface area contributed by atoms with Gasteiger partial charge in [0.05, 0.1) is 12.0 Å². The molecule has 0 saturated carbocycles. The fourth-order valence-corrected chi connectivity index (χ4v) is 3.34. The van der Waals surface area contributed by atoms with Crippen molar-refractivity contribution in [3.8, 4) is 17.2 Å². The molecule has 0 atom stereocenters. The summed E-state index contributed by atoms with van der Waals surface area (Å²) in [4.78, 5) is 21.9. The van der Waals surface area contributed by atoms with E-state index < -0.39 is 10.9 Å². The van der Waals surface area contributed by atoms with Crippen LogP contribution in [-0.2, 0) is 16.0 Å². The molecule has 0 heterocycles. The molecule has 0 amide bonds. The van der Waals surface area contributed by atoms with Crippen LogP contribution < -0.4 is 4.74 Å². The first kappa shape index (κ1) is 22.6. The van der Waals surface area contributed by atoms with Crippen molar-refractivity contribution in [3.05, 3.63) is 98.6 Å². The van der Waals surface area contributed by atoms with Crippen LogP contribution in [0.5, 0.6) is 17.2 Å². The Morgan fingerprint density at radius 3 is 2.47 bits per heavy atom. The molecule has 0 saturated heterocycles. The molecular formula is C25H23NO6. The number of hydrogen-bond donors (Lipinski definition) is 1. The molecule has 0 radical (unpaired) electrons. The summed E-state index contributed by atoms with van der Waals surface area (Å²) < 4.78 is 10.6. The van der Waals surface area contributed by atoms with Gasteiger partial charge in [-0.25, -0.2) is 4.79 Å². The molecule has 0 aromatic heterocycles. The molecule has 0 aliphatic carbocycles. The van der Waals surface area contributed by atoms with Gasteiger partial charge in [0.1, 0.15) is 17.2 Å². The third kappa shape index (κ3) is 5.51. The summed E-state index contributed by atoms with van der Waals surface area (Å²) in [5, 5.41) is 21.4. The Labute approximate surface area is 185 Å². The van der Waals surface area contributed by atoms with E-state index in [4.69, 9.17) is 4.74 Å². The van der Waals surface area contributed by atoms with Gasteiger partial charge in [0.15, 0.2) is 0 Å². The lowest BCUT2D eigenvalue weighted by atomic mass is 10.0. The van der Waals surface area contributed by atoms with Gasteiger partial charge in [-0.15, -0.1) is 0 Å². The molecule has 0 unspecified atom stereocenters. The number of carbonyl (C=O) groups is 1. The second-order valence-electron chi connectivity index (χ2n) is 7.34. The van der Waals surface area contributed by atoms with Crippen molar-refractivity contribution in [1.82, 2.24) is 0 Å². The number of nitro groups is 1. The molecule has 1 N–H and O–H groups in total. The Bertz CT molecular complexity index is 1180. The minimum Gasteiger partial charge on any atom is -0.508 e. The van der Waals surface area contributed by atoms with E-state index in [1.54, 1.807) is 38.1 Å². The van der Waals surface area contributed by atoms with Crippen LogP contribution in [-0.4, -0.2) is 23.1 Å². The van der Waals surface area contributed by atoms with E-state index in [0.717, 1.165) is 11.1 Å². The third-order valence-electron chi connectivity index (χ3n) is 4.89. The molecule has 7 nitrogen and oxygen atoms in total. The molecule has 164 valence electrons. The van der Waals surface area contributed by atoms with E-state index >= 15 is 0 Å². The van der Waals surface area contributed by atoms with E-state index in [1.165, 1.54) is 25.3 Å². The number of aryl methyl sites for hydroxylation is 2. The number of carbonyl (C=O) groups excluding carboxylic acids is 1. The lowest BCUT2D eigenvalue weighted by molar-refractivity contribution is -0.385. The minimum atomic E-state index is -0.435. The first-order chi connectivity index (χ1) is 15.3. The molecule has 0 aliphatic rings. The van der Waals surface area contributed by atoms with Gasteiger partial charge >= 0.3 is 5.97 Å². The van der Waals surface area contributed by atoms with Crippen molar-refractivity contribution >= 4 is 17.7 Å². The zero-order valence-corrected chi connectivity index (χ0v) is 18.0. The highest BCUT2D eigenvalue weighted by atomic mass is 16.6. The van der Waals surface area contributed by atoms with Gasteiger partial charge in [0, 0.05) is 30.2 Å². The zero-order chi connectivity index (χ0) is 23.3. The Morgan fingerprint density at radius 2 is 1.81 bits per heavy atom. The summed E-state index contributed by atoms with van der Waals surface area (Å²) in [7, 11) is 1.32. The van der Waals surface area contributed by atoms with E-state index in [9.17, 15) is 20.0 Å². The maximum absolute atomic E-state index is 11.3. The quantitative estimate of drug-likeness (QED) is 0.229. The number of phenolic OH excluding ortho intramolecular Hbond substituents is 1. The van der Waals surface area contributed by atoms with Crippen LogP contribution in [0, 0.1) is 24.0 Å². The molecule has 3 rings (SSSR count). The molecule has 3 aromatic carbocycles. The normalized spacial score (nSPS) is 10.8. The monoisotopic (exact) mass is 433 g/mol. The summed E-state index contributed by atoms with van der Waals surface area (Å²) in [6.07, 6.45) is 3.45. The summed E-state index contributed by atoms with van der Waals surface area (Å²) in [6.45, 7) is 3.51. The van der Waals surface area contributed by atoms with Crippen LogP contribution in [0.3, 0.4) is 0 Å². The van der Waals surface area contributed by atoms with E-state index in [0.29, 0.717) is 34.6 Å². The third-order valence-corrected chi connectivity index (χ3v) is 4.89. The molecule has 3 aromatic rings. The average molecular weight is 433 g/mol. The van der Waals surface area contributed by atoms with Crippen LogP contribution in [0.1, 0.15) is 27.8 Å². The topological polar surface area (TPSA) is 98.9 Å². The minimum absolute atomic E-state index is 0.0138. The number of rotatable bonds is 7. The summed E-state index contributed by atoms with van der Waals surface area (Å²) >= 11 is 0. The number of nitro benzene ring substituents is 1. The van der Waals surface area contributed by atoms with Gasteiger partial charge in [0.25, 0.3) is 5.69 Å². The van der Waals surface area contributed by atoms with Crippen molar-refractivity contribution in [2.24, 2.45) is 0 Å². The molecule has 7 heteroatoms. The van der Waals surface area contributed by atoms with Gasteiger partial charge in [-0.05, 0) is 60.4 Å². The van der Waals surface area contributed by atoms with Gasteiger partial charge in [-0.3, -0.25) is 10.1 Å². The van der Waals surface area contributed by atoms with Crippen molar-refractivity contribution in [3.63, 3.8) is 0 Å². The van der Waals surface area contributed by atoms with Crippen molar-refractivity contribution in [2.75, 3.05) is 7.11 Å². The standard InChI is InChI=1S/C25H23NO6/c1-16-11-21(26(29)30)12-17(2)25(16)32-22-8-9-23(27)20(15-22)14-19-6-4-5-18(13-19)7-10-24(28)31-3/h4-13,15,27H,14H2,1-3H3. The number of methoxy groups -OCH3 is 1. The fourth-order valence-electron chi connectivity index (χ4n) is 3.34. The number of ether oxygens (including phenoxy) is 2. The summed E-state index contributed by atoms with van der Waals surface area (Å²) in [5.74, 6) is 0.751. The van der Waals surface area contributed by atoms with Crippen molar-refractivity contribution in [2.45, 2.75) is 20.3 Å². The van der Waals surface area contributed by atoms with E-state index in [2.05, 4.69) is 4.74 Å². The maximum Gasteiger partial charge on any atom is 0.330 e. The first-order valence-corrected chi connectivity index (χ1v) is 9.87. The second kappa shape index (κ2) is 9.78. The van der Waals surface area contributed by atoms with E-state index in [-0.39, 0.29) is 11.4 Å². The highest BCUT2D eigenvalue weighted by molar-refractivity contribution is 5.86. The number of aromatic hydroxyl groups is 1. The lowest BCUT2D eigenvalue weighted by Gasteiger charge is -2.13. The number of esters is 1. The fraction of sp³-hybridized carbons (Fsp3) is 0.160. The molecule has 0 fully saturated rings. The number of phenols is 1. The first-order valence-electron chi connectivity index (χ1n) is 9.87. The Hall–Kier alpha value is -4.13. The average Bonchev–Trinajstić information content (AvgIpc) is 2.76. The Kier molecular flexibility index (Phi) is 6.90. The Morgan fingerprint density at radius 1 is 1.09 bits per heavy atom. The number of nitrogens with zero attached hydrogens (tertiary/aromatic N) is 1. The lowest BCUT2D eigenvalue weighted by Crippen LogP contribution is -1.96. The van der Waals surface area contributed by atoms with Gasteiger partial charge in [-0.1, -0.05) is 24.3 Å². The van der Waals surface area contributed by atoms with Gasteiger partial charge in [0.2, 0.25) is 0 Å². The predicted molar refractivity (Wildman–Crippen MR) is 121 cm³/mol. The number of hydrogen-bond acceptors (Lipinski definition) is 6. The molecule has 0 spiro atoms. The molecule has 0 bridgehead atoms. The SMILES string of the molecule is COC(=O)C=Cc1cccc(Cc2cc(Oc3c(C)cc([N+](=O)[O-])cc3C)ccc2O)c1. The van der Waals surface area contributed by atoms with Crippen LogP contribution in [0.25, 0.3) is 6.08 Å². The largest absolute Gasteiger partial charge is 0.508 e. The highest BCUT2D eigenvalue weighted by Gasteiger charge is 2.14. The van der Waals surface area contributed by atoms with Gasteiger partial charge < -0.3 is 14.6 Å². The summed E-state index contributed by atoms with van der Waals surface area (Å²) in [6, 6.07) is 15.5. The van der Waals surface area contributed by atoms with Crippen LogP contribution in [0.4, 0.5) is 5.69 Å². The molecular weight excluding hydrogens is 410 g/mol. The van der Waals surface area contributed by atoms with Crippen LogP contribution in [0.15, 0.2) is 60.7 Å².